The lowest BCUT2D eigenvalue weighted by atomic mass is 10.00. The minimum atomic E-state index is -0.0263. The third kappa shape index (κ3) is 4.17. The molecule has 1 aliphatic heterocycles. The molecule has 0 N–H and O–H groups in total. The monoisotopic (exact) mass is 469 g/mol. The number of aromatic nitrogens is 5. The van der Waals surface area contributed by atoms with Gasteiger partial charge < -0.3 is 9.47 Å². The molecule has 0 bridgehead atoms. The first-order valence-electron chi connectivity index (χ1n) is 12.1. The molecule has 1 saturated heterocycles. The highest BCUT2D eigenvalue weighted by Crippen LogP contribution is 2.32. The quantitative estimate of drug-likeness (QED) is 0.427. The van der Waals surface area contributed by atoms with Crippen molar-refractivity contribution in [3.63, 3.8) is 0 Å². The van der Waals surface area contributed by atoms with E-state index in [2.05, 4.69) is 64.5 Å². The number of hydrogen-bond acceptors (Lipinski definition) is 6. The van der Waals surface area contributed by atoms with Gasteiger partial charge in [-0.15, -0.1) is 5.92 Å². The van der Waals surface area contributed by atoms with Crippen LogP contribution in [0.4, 0.5) is 5.69 Å². The number of hydrogen-bond donors (Lipinski definition) is 0. The molecule has 8 heteroatoms. The number of anilines is 1. The van der Waals surface area contributed by atoms with Gasteiger partial charge in [-0.1, -0.05) is 12.0 Å². The van der Waals surface area contributed by atoms with Crippen LogP contribution in [0.2, 0.25) is 0 Å². The molecule has 0 amide bonds. The molecule has 4 heterocycles. The smallest absolute Gasteiger partial charge is 0.252 e. The van der Waals surface area contributed by atoms with Crippen molar-refractivity contribution >= 4 is 27.8 Å². The lowest BCUT2D eigenvalue weighted by Crippen LogP contribution is -2.57. The molecule has 180 valence electrons. The molecule has 1 fully saturated rings. The molecule has 4 aromatic rings. The second-order valence-electron chi connectivity index (χ2n) is 9.44. The third-order valence-corrected chi connectivity index (χ3v) is 7.17. The van der Waals surface area contributed by atoms with Gasteiger partial charge in [0.15, 0.2) is 0 Å². The van der Waals surface area contributed by atoms with Crippen LogP contribution in [-0.4, -0.2) is 54.4 Å². The van der Waals surface area contributed by atoms with Crippen LogP contribution >= 0.6 is 0 Å². The van der Waals surface area contributed by atoms with Gasteiger partial charge in [0.05, 0.1) is 28.4 Å². The van der Waals surface area contributed by atoms with Crippen molar-refractivity contribution in [3.05, 3.63) is 58.8 Å². The molecular formula is C27H31N7O. The van der Waals surface area contributed by atoms with E-state index in [1.165, 1.54) is 5.56 Å². The number of aryl methyl sites for hydroxylation is 1. The topological polar surface area (TPSA) is 72.1 Å². The fourth-order valence-corrected chi connectivity index (χ4v) is 5.16. The van der Waals surface area contributed by atoms with E-state index in [4.69, 9.17) is 5.10 Å². The molecule has 0 saturated carbocycles. The van der Waals surface area contributed by atoms with Crippen molar-refractivity contribution in [1.82, 2.24) is 29.2 Å². The van der Waals surface area contributed by atoms with Crippen molar-refractivity contribution in [2.45, 2.75) is 52.4 Å². The number of rotatable bonds is 4. The molecule has 3 aromatic heterocycles. The number of pyridine rings is 1. The van der Waals surface area contributed by atoms with Crippen LogP contribution in [0.5, 0.6) is 0 Å². The lowest BCUT2D eigenvalue weighted by Gasteiger charge is -2.47. The predicted octanol–water partition coefficient (Wildman–Crippen LogP) is 3.36. The summed E-state index contributed by atoms with van der Waals surface area (Å²) in [6.07, 6.45) is 5.38. The Morgan fingerprint density at radius 1 is 1.09 bits per heavy atom. The van der Waals surface area contributed by atoms with E-state index in [0.717, 1.165) is 40.8 Å². The summed E-state index contributed by atoms with van der Waals surface area (Å²) in [5, 5.41) is 4.80. The zero-order chi connectivity index (χ0) is 24.7. The van der Waals surface area contributed by atoms with E-state index in [1.807, 2.05) is 23.9 Å². The second kappa shape index (κ2) is 9.16. The van der Waals surface area contributed by atoms with Crippen LogP contribution in [0.1, 0.15) is 39.3 Å². The van der Waals surface area contributed by atoms with Gasteiger partial charge in [-0.25, -0.2) is 0 Å². The Labute approximate surface area is 205 Å². The zero-order valence-corrected chi connectivity index (χ0v) is 20.9. The van der Waals surface area contributed by atoms with Gasteiger partial charge in [0.2, 0.25) is 0 Å². The number of fused-ring (bicyclic) bond motifs is 2. The summed E-state index contributed by atoms with van der Waals surface area (Å²) >= 11 is 0. The first-order valence-corrected chi connectivity index (χ1v) is 12.1. The fraction of sp³-hybridized carbons (Fsp3) is 0.407. The molecule has 0 aliphatic carbocycles. The van der Waals surface area contributed by atoms with E-state index >= 15 is 0 Å². The summed E-state index contributed by atoms with van der Waals surface area (Å²) in [6.45, 7) is 10.7. The fourth-order valence-electron chi connectivity index (χ4n) is 5.16. The van der Waals surface area contributed by atoms with Crippen LogP contribution < -0.4 is 10.5 Å². The van der Waals surface area contributed by atoms with Crippen molar-refractivity contribution < 1.29 is 0 Å². The van der Waals surface area contributed by atoms with E-state index in [9.17, 15) is 4.79 Å². The van der Waals surface area contributed by atoms with E-state index in [1.54, 1.807) is 30.1 Å². The molecule has 0 spiro atoms. The summed E-state index contributed by atoms with van der Waals surface area (Å²) in [6, 6.07) is 8.81. The summed E-state index contributed by atoms with van der Waals surface area (Å²) in [4.78, 5) is 26.6. The molecule has 1 unspecified atom stereocenters. The maximum atomic E-state index is 12.8. The maximum Gasteiger partial charge on any atom is 0.252 e. The van der Waals surface area contributed by atoms with Crippen LogP contribution in [0.3, 0.4) is 0 Å². The van der Waals surface area contributed by atoms with E-state index in [-0.39, 0.29) is 23.7 Å². The Kier molecular flexibility index (Phi) is 6.03. The number of benzene rings is 1. The third-order valence-electron chi connectivity index (χ3n) is 7.17. The first-order chi connectivity index (χ1) is 16.9. The van der Waals surface area contributed by atoms with E-state index in [0.29, 0.717) is 6.54 Å². The Balaban J connectivity index is 1.45. The molecule has 0 radical (unpaired) electrons. The average molecular weight is 470 g/mol. The molecule has 1 aromatic carbocycles. The van der Waals surface area contributed by atoms with Gasteiger partial charge in [-0.3, -0.25) is 24.3 Å². The highest BCUT2D eigenvalue weighted by Gasteiger charge is 2.34. The Hall–Kier alpha value is -3.70. The molecule has 8 nitrogen and oxygen atoms in total. The van der Waals surface area contributed by atoms with E-state index < -0.39 is 0 Å². The van der Waals surface area contributed by atoms with Crippen LogP contribution in [0.25, 0.3) is 22.1 Å². The van der Waals surface area contributed by atoms with Crippen molar-refractivity contribution in [2.24, 2.45) is 7.05 Å². The zero-order valence-electron chi connectivity index (χ0n) is 20.9. The van der Waals surface area contributed by atoms with Crippen LogP contribution in [0.15, 0.2) is 47.7 Å². The molecule has 1 aliphatic rings. The minimum absolute atomic E-state index is 0.0263. The highest BCUT2D eigenvalue weighted by atomic mass is 16.1. The Morgan fingerprint density at radius 2 is 1.86 bits per heavy atom. The summed E-state index contributed by atoms with van der Waals surface area (Å²) in [5.74, 6) is 5.97. The Morgan fingerprint density at radius 3 is 2.63 bits per heavy atom. The molecular weight excluding hydrogens is 438 g/mol. The van der Waals surface area contributed by atoms with Crippen LogP contribution in [0, 0.1) is 11.8 Å². The summed E-state index contributed by atoms with van der Waals surface area (Å²) in [5.41, 5.74) is 5.62. The van der Waals surface area contributed by atoms with Gasteiger partial charge in [0, 0.05) is 56.7 Å². The number of piperazine rings is 1. The molecule has 5 rings (SSSR count). The summed E-state index contributed by atoms with van der Waals surface area (Å²) < 4.78 is 3.48. The average Bonchev–Trinajstić information content (AvgIpc) is 3.30. The largest absolute Gasteiger partial charge is 0.364 e. The van der Waals surface area contributed by atoms with Crippen LogP contribution in [-0.2, 0) is 13.6 Å². The highest BCUT2D eigenvalue weighted by molar-refractivity contribution is 5.88. The van der Waals surface area contributed by atoms with Gasteiger partial charge in [-0.2, -0.15) is 5.10 Å². The molecule has 35 heavy (non-hydrogen) atoms. The van der Waals surface area contributed by atoms with Gasteiger partial charge in [-0.05, 0) is 45.4 Å². The standard InChI is InChI=1S/C27H31N7O/c1-6-7-12-32-17-25-27(30-32)24(14-26(35)31(25)5)34-16-18(2)33(15-19(34)3)20(4)21-8-9-22-23(13-21)29-11-10-28-22/h8-11,13-14,17-20H,12,15-16H2,1-5H3/t18-,19+,20?/m1/s1. The minimum Gasteiger partial charge on any atom is -0.364 e. The first kappa shape index (κ1) is 23.1. The summed E-state index contributed by atoms with van der Waals surface area (Å²) in [7, 11) is 1.80. The number of nitrogens with zero attached hydrogens (tertiary/aromatic N) is 7. The maximum absolute atomic E-state index is 12.8. The Bertz CT molecular complexity index is 1510. The van der Waals surface area contributed by atoms with Crippen molar-refractivity contribution in [2.75, 3.05) is 18.0 Å². The van der Waals surface area contributed by atoms with Gasteiger partial charge in [0.1, 0.15) is 12.1 Å². The molecule has 3 atom stereocenters. The second-order valence-corrected chi connectivity index (χ2v) is 9.44. The van der Waals surface area contributed by atoms with Crippen molar-refractivity contribution in [3.8, 4) is 11.8 Å². The van der Waals surface area contributed by atoms with Crippen molar-refractivity contribution in [1.29, 1.82) is 0 Å². The predicted molar refractivity (Wildman–Crippen MR) is 139 cm³/mol. The van der Waals surface area contributed by atoms with Gasteiger partial charge in [0.25, 0.3) is 5.56 Å². The SMILES string of the molecule is CC#CCn1cc2c(n1)c(N1C[C@@H](C)N(C(C)c3ccc4nccnc4c3)C[C@@H]1C)cc(=O)n2C. The van der Waals surface area contributed by atoms with Gasteiger partial charge >= 0.3 is 0 Å². The normalized spacial score (nSPS) is 19.6. The lowest BCUT2D eigenvalue weighted by molar-refractivity contribution is 0.119.